The van der Waals surface area contributed by atoms with Crippen LogP contribution in [-0.2, 0) is 4.79 Å². The van der Waals surface area contributed by atoms with Gasteiger partial charge in [-0.3, -0.25) is 4.79 Å². The smallest absolute Gasteiger partial charge is 0.325 e. The summed E-state index contributed by atoms with van der Waals surface area (Å²) in [5.41, 5.74) is 5.47. The third-order valence-electron chi connectivity index (χ3n) is 2.08. The molecule has 0 aliphatic rings. The first-order valence-corrected chi connectivity index (χ1v) is 4.41. The van der Waals surface area contributed by atoms with Gasteiger partial charge >= 0.3 is 5.97 Å². The van der Waals surface area contributed by atoms with E-state index in [1.54, 1.807) is 0 Å². The predicted octanol–water partition coefficient (Wildman–Crippen LogP) is 0.927. The van der Waals surface area contributed by atoms with Crippen LogP contribution in [0.1, 0.15) is 11.6 Å². The summed E-state index contributed by atoms with van der Waals surface area (Å²) in [4.78, 5) is 10.6. The predicted molar refractivity (Wildman–Crippen MR) is 54.1 cm³/mol. The molecule has 0 aliphatic heterocycles. The lowest BCUT2D eigenvalue weighted by Crippen LogP contribution is -2.20. The second-order valence-electron chi connectivity index (χ2n) is 3.05. The molecule has 6 heteroatoms. The molecule has 5 nitrogen and oxygen atoms in total. The third kappa shape index (κ3) is 2.22. The van der Waals surface area contributed by atoms with E-state index >= 15 is 0 Å². The molecule has 16 heavy (non-hydrogen) atoms. The van der Waals surface area contributed by atoms with E-state index in [9.17, 15) is 9.18 Å². The number of hydrogen-bond donors (Lipinski definition) is 2. The van der Waals surface area contributed by atoms with Crippen LogP contribution in [0.15, 0.2) is 12.1 Å². The first kappa shape index (κ1) is 12.3. The number of rotatable bonds is 4. The van der Waals surface area contributed by atoms with Gasteiger partial charge < -0.3 is 20.3 Å². The van der Waals surface area contributed by atoms with E-state index in [0.717, 1.165) is 6.07 Å². The van der Waals surface area contributed by atoms with Gasteiger partial charge in [0.2, 0.25) is 0 Å². The average molecular weight is 229 g/mol. The van der Waals surface area contributed by atoms with Crippen LogP contribution in [0.3, 0.4) is 0 Å². The molecule has 0 spiro atoms. The first-order valence-electron chi connectivity index (χ1n) is 4.41. The van der Waals surface area contributed by atoms with Crippen LogP contribution in [0.5, 0.6) is 11.5 Å². The summed E-state index contributed by atoms with van der Waals surface area (Å²) in [6.45, 7) is 0. The van der Waals surface area contributed by atoms with Gasteiger partial charge in [-0.15, -0.1) is 0 Å². The van der Waals surface area contributed by atoms with Crippen molar-refractivity contribution in [3.05, 3.63) is 23.5 Å². The Hall–Kier alpha value is -1.82. The molecule has 1 rings (SSSR count). The maximum atomic E-state index is 13.5. The molecule has 0 amide bonds. The zero-order chi connectivity index (χ0) is 12.3. The third-order valence-corrected chi connectivity index (χ3v) is 2.08. The molecule has 0 bridgehead atoms. The maximum absolute atomic E-state index is 13.5. The molecule has 0 saturated heterocycles. The van der Waals surface area contributed by atoms with E-state index < -0.39 is 17.8 Å². The molecular weight excluding hydrogens is 217 g/mol. The Bertz CT molecular complexity index is 408. The Morgan fingerprint density at radius 2 is 2.06 bits per heavy atom. The van der Waals surface area contributed by atoms with Gasteiger partial charge in [0.05, 0.1) is 14.2 Å². The molecule has 0 radical (unpaired) electrons. The van der Waals surface area contributed by atoms with Gasteiger partial charge in [-0.2, -0.15) is 0 Å². The Labute approximate surface area is 91.6 Å². The number of carboxylic acid groups (broad SMARTS) is 1. The average Bonchev–Trinajstić information content (AvgIpc) is 2.26. The minimum absolute atomic E-state index is 0.0798. The first-order chi connectivity index (χ1) is 7.51. The van der Waals surface area contributed by atoms with E-state index in [0.29, 0.717) is 0 Å². The zero-order valence-corrected chi connectivity index (χ0v) is 8.86. The summed E-state index contributed by atoms with van der Waals surface area (Å²) in [6, 6.07) is 1.05. The highest BCUT2D eigenvalue weighted by atomic mass is 19.1. The van der Waals surface area contributed by atoms with Crippen molar-refractivity contribution in [2.45, 2.75) is 6.04 Å². The normalized spacial score (nSPS) is 12.0. The molecule has 1 aromatic rings. The van der Waals surface area contributed by atoms with E-state index in [1.165, 1.54) is 20.3 Å². The molecule has 0 saturated carbocycles. The van der Waals surface area contributed by atoms with Crippen molar-refractivity contribution in [1.29, 1.82) is 0 Å². The van der Waals surface area contributed by atoms with Gasteiger partial charge in [-0.05, 0) is 17.7 Å². The van der Waals surface area contributed by atoms with Crippen LogP contribution < -0.4 is 15.2 Å². The van der Waals surface area contributed by atoms with Crippen molar-refractivity contribution in [2.75, 3.05) is 14.2 Å². The summed E-state index contributed by atoms with van der Waals surface area (Å²) in [5.74, 6) is -1.93. The monoisotopic (exact) mass is 229 g/mol. The Morgan fingerprint density at radius 1 is 1.44 bits per heavy atom. The highest BCUT2D eigenvalue weighted by Crippen LogP contribution is 2.32. The largest absolute Gasteiger partial charge is 0.493 e. The molecule has 0 aromatic heterocycles. The number of benzene rings is 1. The van der Waals surface area contributed by atoms with Crippen molar-refractivity contribution < 1.29 is 23.8 Å². The number of carbonyl (C=O) groups is 1. The quantitative estimate of drug-likeness (QED) is 0.802. The highest BCUT2D eigenvalue weighted by Gasteiger charge is 2.19. The standard InChI is InChI=1S/C10H12FNO4/c1-15-7-4-5(8(12)10(13)14)3-6(11)9(7)16-2/h3-4,8H,12H2,1-2H3,(H,13,14). The number of halogens is 1. The van der Waals surface area contributed by atoms with Crippen LogP contribution >= 0.6 is 0 Å². The van der Waals surface area contributed by atoms with Crippen LogP contribution in [0, 0.1) is 5.82 Å². The number of ether oxygens (including phenoxy) is 2. The summed E-state index contributed by atoms with van der Waals surface area (Å²) in [7, 11) is 2.62. The topological polar surface area (TPSA) is 81.8 Å². The lowest BCUT2D eigenvalue weighted by molar-refractivity contribution is -0.138. The van der Waals surface area contributed by atoms with Crippen LogP contribution in [0.25, 0.3) is 0 Å². The fourth-order valence-electron chi connectivity index (χ4n) is 1.26. The summed E-state index contributed by atoms with van der Waals surface area (Å²) in [5, 5.41) is 8.70. The van der Waals surface area contributed by atoms with Crippen LogP contribution in [-0.4, -0.2) is 25.3 Å². The van der Waals surface area contributed by atoms with Crippen molar-refractivity contribution in [3.63, 3.8) is 0 Å². The Kier molecular flexibility index (Phi) is 3.68. The SMILES string of the molecule is COc1cc(C(N)C(=O)O)cc(F)c1OC. The Morgan fingerprint density at radius 3 is 2.50 bits per heavy atom. The van der Waals surface area contributed by atoms with Crippen LogP contribution in [0.2, 0.25) is 0 Å². The summed E-state index contributed by atoms with van der Waals surface area (Å²) < 4.78 is 23.1. The number of nitrogens with two attached hydrogens (primary N) is 1. The van der Waals surface area contributed by atoms with Gasteiger partial charge in [0.15, 0.2) is 17.3 Å². The lowest BCUT2D eigenvalue weighted by Gasteiger charge is -2.12. The number of hydrogen-bond acceptors (Lipinski definition) is 4. The van der Waals surface area contributed by atoms with Gasteiger partial charge in [0.1, 0.15) is 6.04 Å². The molecule has 1 unspecified atom stereocenters. The minimum Gasteiger partial charge on any atom is -0.493 e. The van der Waals surface area contributed by atoms with Gasteiger partial charge in [0, 0.05) is 0 Å². The fraction of sp³-hybridized carbons (Fsp3) is 0.300. The van der Waals surface area contributed by atoms with Gasteiger partial charge in [-0.1, -0.05) is 0 Å². The molecule has 88 valence electrons. The van der Waals surface area contributed by atoms with Gasteiger partial charge in [0.25, 0.3) is 0 Å². The van der Waals surface area contributed by atoms with Crippen molar-refractivity contribution in [3.8, 4) is 11.5 Å². The molecule has 1 aromatic carbocycles. The fourth-order valence-corrected chi connectivity index (χ4v) is 1.26. The highest BCUT2D eigenvalue weighted by molar-refractivity contribution is 5.75. The second-order valence-corrected chi connectivity index (χ2v) is 3.05. The second kappa shape index (κ2) is 4.80. The van der Waals surface area contributed by atoms with E-state index in [4.69, 9.17) is 20.3 Å². The molecule has 3 N–H and O–H groups in total. The van der Waals surface area contributed by atoms with Crippen molar-refractivity contribution in [2.24, 2.45) is 5.73 Å². The Balaban J connectivity index is 3.25. The van der Waals surface area contributed by atoms with E-state index in [1.807, 2.05) is 0 Å². The molecular formula is C10H12FNO4. The molecule has 0 heterocycles. The number of aliphatic carboxylic acids is 1. The van der Waals surface area contributed by atoms with E-state index in [2.05, 4.69) is 0 Å². The molecule has 1 atom stereocenters. The summed E-state index contributed by atoms with van der Waals surface area (Å²) in [6.07, 6.45) is 0. The van der Waals surface area contributed by atoms with E-state index in [-0.39, 0.29) is 17.1 Å². The number of methoxy groups -OCH3 is 2. The lowest BCUT2D eigenvalue weighted by atomic mass is 10.1. The van der Waals surface area contributed by atoms with Crippen molar-refractivity contribution in [1.82, 2.24) is 0 Å². The number of carboxylic acids is 1. The van der Waals surface area contributed by atoms with Gasteiger partial charge in [-0.25, -0.2) is 4.39 Å². The summed E-state index contributed by atoms with van der Waals surface area (Å²) >= 11 is 0. The van der Waals surface area contributed by atoms with Crippen LogP contribution in [0.4, 0.5) is 4.39 Å². The molecule has 0 aliphatic carbocycles. The minimum atomic E-state index is -1.30. The zero-order valence-electron chi connectivity index (χ0n) is 8.86. The molecule has 0 fully saturated rings. The maximum Gasteiger partial charge on any atom is 0.325 e. The van der Waals surface area contributed by atoms with Crippen molar-refractivity contribution >= 4 is 5.97 Å².